The van der Waals surface area contributed by atoms with Crippen molar-refractivity contribution < 1.29 is 27.9 Å². The summed E-state index contributed by atoms with van der Waals surface area (Å²) in [6.07, 6.45) is -2.02. The van der Waals surface area contributed by atoms with Crippen LogP contribution in [0.4, 0.5) is 18.9 Å². The summed E-state index contributed by atoms with van der Waals surface area (Å²) in [4.78, 5) is 21.6. The number of alkyl halides is 3. The molecule has 1 aromatic heterocycles. The molecule has 0 bridgehead atoms. The molecule has 4 rings (SSSR count). The number of halogens is 3. The monoisotopic (exact) mass is 475 g/mol. The zero-order valence-electron chi connectivity index (χ0n) is 18.3. The van der Waals surface area contributed by atoms with Gasteiger partial charge in [-0.1, -0.05) is 35.5 Å². The fourth-order valence-corrected chi connectivity index (χ4v) is 3.15. The summed E-state index contributed by atoms with van der Waals surface area (Å²) in [5.41, 5.74) is 4.04. The van der Waals surface area contributed by atoms with Crippen molar-refractivity contribution in [2.24, 2.45) is 5.92 Å². The Hall–Kier alpha value is -3.73. The number of hydrogen-bond donors (Lipinski definition) is 3. The molecule has 0 radical (unpaired) electrons. The Kier molecular flexibility index (Phi) is 8.00. The van der Waals surface area contributed by atoms with Gasteiger partial charge in [0.05, 0.1) is 6.20 Å². The van der Waals surface area contributed by atoms with Gasteiger partial charge in [0.15, 0.2) is 0 Å². The summed E-state index contributed by atoms with van der Waals surface area (Å²) in [5, 5.41) is 21.9. The molecule has 0 aliphatic carbocycles. The molecule has 0 unspecified atom stereocenters. The highest BCUT2D eigenvalue weighted by atomic mass is 19.4. The molecule has 34 heavy (non-hydrogen) atoms. The second kappa shape index (κ2) is 10.9. The van der Waals surface area contributed by atoms with E-state index in [0.717, 1.165) is 54.5 Å². The molecule has 2 aromatic carbocycles. The van der Waals surface area contributed by atoms with Crippen molar-refractivity contribution >= 4 is 17.6 Å². The molecule has 0 saturated carbocycles. The molecule has 1 aliphatic rings. The number of aromatic nitrogens is 3. The minimum atomic E-state index is -5.08. The number of carboxylic acids is 1. The smallest absolute Gasteiger partial charge is 0.475 e. The molecule has 3 aromatic rings. The van der Waals surface area contributed by atoms with E-state index < -0.39 is 12.1 Å². The summed E-state index contributed by atoms with van der Waals surface area (Å²) >= 11 is 0. The summed E-state index contributed by atoms with van der Waals surface area (Å²) in [6.45, 7) is 5.00. The molecule has 1 amide bonds. The van der Waals surface area contributed by atoms with Crippen LogP contribution in [0.1, 0.15) is 22.3 Å². The van der Waals surface area contributed by atoms with Gasteiger partial charge in [-0.25, -0.2) is 4.79 Å². The first-order chi connectivity index (χ1) is 16.1. The van der Waals surface area contributed by atoms with Gasteiger partial charge in [-0.3, -0.25) is 9.48 Å². The predicted octanol–water partition coefficient (Wildman–Crippen LogP) is 3.75. The normalized spacial score (nSPS) is 13.4. The van der Waals surface area contributed by atoms with Gasteiger partial charge in [-0.05, 0) is 56.1 Å². The number of carboxylic acid groups (broad SMARTS) is 1. The van der Waals surface area contributed by atoms with E-state index in [4.69, 9.17) is 9.90 Å². The number of amides is 1. The molecule has 8 nitrogen and oxygen atoms in total. The molecule has 2 heterocycles. The van der Waals surface area contributed by atoms with Crippen LogP contribution in [0.5, 0.6) is 0 Å². The lowest BCUT2D eigenvalue weighted by molar-refractivity contribution is -0.192. The molecular formula is C23H24F3N5O3. The average Bonchev–Trinajstić information content (AvgIpc) is 3.22. The number of carbonyl (C=O) groups is 2. The molecule has 1 aliphatic heterocycles. The van der Waals surface area contributed by atoms with Crippen molar-refractivity contribution in [3.8, 4) is 11.3 Å². The number of carbonyl (C=O) groups excluding carboxylic acids is 1. The topological polar surface area (TPSA) is 109 Å². The van der Waals surface area contributed by atoms with Crippen LogP contribution in [0.3, 0.4) is 0 Å². The summed E-state index contributed by atoms with van der Waals surface area (Å²) in [7, 11) is 0. The highest BCUT2D eigenvalue weighted by Crippen LogP contribution is 2.22. The van der Waals surface area contributed by atoms with Crippen LogP contribution in [0.25, 0.3) is 11.3 Å². The van der Waals surface area contributed by atoms with Crippen molar-refractivity contribution in [3.63, 3.8) is 0 Å². The van der Waals surface area contributed by atoms with Crippen molar-refractivity contribution in [1.29, 1.82) is 0 Å². The zero-order valence-corrected chi connectivity index (χ0v) is 18.3. The van der Waals surface area contributed by atoms with Gasteiger partial charge < -0.3 is 15.7 Å². The van der Waals surface area contributed by atoms with E-state index in [9.17, 15) is 18.0 Å². The van der Waals surface area contributed by atoms with Crippen LogP contribution in [0.2, 0.25) is 0 Å². The van der Waals surface area contributed by atoms with Crippen LogP contribution in [0.15, 0.2) is 54.7 Å². The van der Waals surface area contributed by atoms with Gasteiger partial charge in [0, 0.05) is 23.4 Å². The van der Waals surface area contributed by atoms with Gasteiger partial charge in [0.25, 0.3) is 5.91 Å². The Morgan fingerprint density at radius 2 is 1.85 bits per heavy atom. The maximum atomic E-state index is 12.7. The molecule has 3 N–H and O–H groups in total. The van der Waals surface area contributed by atoms with Crippen molar-refractivity contribution in [1.82, 2.24) is 20.3 Å². The molecule has 180 valence electrons. The second-order valence-electron chi connectivity index (χ2n) is 7.83. The first kappa shape index (κ1) is 24.9. The second-order valence-corrected chi connectivity index (χ2v) is 7.83. The Bertz CT molecular complexity index is 1130. The van der Waals surface area contributed by atoms with Crippen molar-refractivity contribution in [2.45, 2.75) is 26.1 Å². The van der Waals surface area contributed by atoms with E-state index >= 15 is 0 Å². The number of nitrogens with one attached hydrogen (secondary N) is 2. The molecule has 0 atom stereocenters. The average molecular weight is 475 g/mol. The van der Waals surface area contributed by atoms with Crippen LogP contribution in [-0.4, -0.2) is 51.2 Å². The number of anilines is 1. The highest BCUT2D eigenvalue weighted by Gasteiger charge is 2.38. The third-order valence-corrected chi connectivity index (χ3v) is 5.22. The standard InChI is InChI=1S/C21H23N5O.C2HF3O2/c1-15-7-8-17(11-19(15)21(27)23-18-5-3-2-4-6-18)20-14-26(25-24-20)10-9-16-12-22-13-16;3-2(4,5)1(6)7/h2-8,11,14,16,22H,9-10,12-13H2,1H3,(H,23,27);(H,6,7). The Labute approximate surface area is 193 Å². The Morgan fingerprint density at radius 3 is 2.44 bits per heavy atom. The lowest BCUT2D eigenvalue weighted by Gasteiger charge is -2.26. The molecule has 1 fully saturated rings. The number of para-hydroxylation sites is 1. The zero-order chi connectivity index (χ0) is 24.7. The SMILES string of the molecule is Cc1ccc(-c2cn(CCC3CNC3)nn2)cc1C(=O)Nc1ccccc1.O=C(O)C(F)(F)F. The number of aryl methyl sites for hydroxylation is 2. The van der Waals surface area contributed by atoms with E-state index in [1.807, 2.05) is 66.3 Å². The van der Waals surface area contributed by atoms with Crippen molar-refractivity contribution in [2.75, 3.05) is 18.4 Å². The summed E-state index contributed by atoms with van der Waals surface area (Å²) in [6, 6.07) is 15.3. The number of benzene rings is 2. The minimum absolute atomic E-state index is 0.120. The van der Waals surface area contributed by atoms with Gasteiger partial charge in [-0.2, -0.15) is 13.2 Å². The third-order valence-electron chi connectivity index (χ3n) is 5.22. The lowest BCUT2D eigenvalue weighted by atomic mass is 10.00. The summed E-state index contributed by atoms with van der Waals surface area (Å²) < 4.78 is 33.6. The number of aliphatic carboxylic acids is 1. The van der Waals surface area contributed by atoms with E-state index in [1.54, 1.807) is 0 Å². The van der Waals surface area contributed by atoms with E-state index in [-0.39, 0.29) is 5.91 Å². The molecule has 11 heteroatoms. The predicted molar refractivity (Wildman–Crippen MR) is 119 cm³/mol. The van der Waals surface area contributed by atoms with E-state index in [1.165, 1.54) is 0 Å². The summed E-state index contributed by atoms with van der Waals surface area (Å²) in [5.74, 6) is -2.14. The molecular weight excluding hydrogens is 451 g/mol. The van der Waals surface area contributed by atoms with Crippen LogP contribution in [-0.2, 0) is 11.3 Å². The highest BCUT2D eigenvalue weighted by molar-refractivity contribution is 6.05. The van der Waals surface area contributed by atoms with Gasteiger partial charge in [0.1, 0.15) is 5.69 Å². The number of rotatable bonds is 6. The molecule has 0 spiro atoms. The maximum Gasteiger partial charge on any atom is 0.490 e. The fraction of sp³-hybridized carbons (Fsp3) is 0.304. The van der Waals surface area contributed by atoms with Crippen LogP contribution < -0.4 is 10.6 Å². The van der Waals surface area contributed by atoms with Crippen molar-refractivity contribution in [3.05, 3.63) is 65.9 Å². The maximum absolute atomic E-state index is 12.7. The number of nitrogens with zero attached hydrogens (tertiary/aromatic N) is 3. The van der Waals surface area contributed by atoms with Gasteiger partial charge in [-0.15, -0.1) is 5.10 Å². The lowest BCUT2D eigenvalue weighted by Crippen LogP contribution is -2.42. The fourth-order valence-electron chi connectivity index (χ4n) is 3.15. The molecule has 1 saturated heterocycles. The van der Waals surface area contributed by atoms with E-state index in [0.29, 0.717) is 5.56 Å². The third kappa shape index (κ3) is 6.88. The van der Waals surface area contributed by atoms with E-state index in [2.05, 4.69) is 20.9 Å². The van der Waals surface area contributed by atoms with Gasteiger partial charge in [0.2, 0.25) is 0 Å². The number of hydrogen-bond acceptors (Lipinski definition) is 5. The Morgan fingerprint density at radius 1 is 1.18 bits per heavy atom. The Balaban J connectivity index is 0.000000406. The first-order valence-electron chi connectivity index (χ1n) is 10.5. The van der Waals surface area contributed by atoms with Crippen LogP contribution >= 0.6 is 0 Å². The van der Waals surface area contributed by atoms with Crippen LogP contribution in [0, 0.1) is 12.8 Å². The first-order valence-corrected chi connectivity index (χ1v) is 10.5. The minimum Gasteiger partial charge on any atom is -0.475 e. The van der Waals surface area contributed by atoms with Gasteiger partial charge >= 0.3 is 12.1 Å². The largest absolute Gasteiger partial charge is 0.490 e. The quantitative estimate of drug-likeness (QED) is 0.501.